The van der Waals surface area contributed by atoms with Gasteiger partial charge in [0, 0.05) is 32.8 Å². The third-order valence-corrected chi connectivity index (χ3v) is 4.86. The lowest BCUT2D eigenvalue weighted by Crippen LogP contribution is -2.43. The van der Waals surface area contributed by atoms with Crippen LogP contribution in [0.5, 0.6) is 5.75 Å². The summed E-state index contributed by atoms with van der Waals surface area (Å²) >= 11 is 0. The lowest BCUT2D eigenvalue weighted by molar-refractivity contribution is 0.121. The van der Waals surface area contributed by atoms with Crippen molar-refractivity contribution in [2.75, 3.05) is 53.0 Å². The molecule has 0 spiro atoms. The zero-order chi connectivity index (χ0) is 20.2. The molecule has 0 radical (unpaired) electrons. The minimum atomic E-state index is -0.295. The molecule has 1 unspecified atom stereocenters. The Morgan fingerprint density at radius 3 is 2.72 bits per heavy atom. The van der Waals surface area contributed by atoms with Crippen LogP contribution in [0.25, 0.3) is 0 Å². The van der Waals surface area contributed by atoms with Gasteiger partial charge in [0.1, 0.15) is 17.7 Å². The van der Waals surface area contributed by atoms with Gasteiger partial charge in [-0.1, -0.05) is 6.07 Å². The van der Waals surface area contributed by atoms with Gasteiger partial charge in [-0.05, 0) is 57.8 Å². The number of nitrogens with one attached hydrogen (secondary N) is 2. The molecule has 29 heavy (non-hydrogen) atoms. The molecule has 1 aliphatic rings. The van der Waals surface area contributed by atoms with Crippen molar-refractivity contribution in [3.63, 3.8) is 0 Å². The first-order valence-electron chi connectivity index (χ1n) is 10.3. The number of hydrogen-bond acceptors (Lipinski definition) is 4. The van der Waals surface area contributed by atoms with E-state index in [1.54, 1.807) is 19.2 Å². The summed E-state index contributed by atoms with van der Waals surface area (Å²) in [6, 6.07) is 6.20. The zero-order valence-electron chi connectivity index (χ0n) is 17.8. The van der Waals surface area contributed by atoms with Gasteiger partial charge in [0.15, 0.2) is 5.96 Å². The first-order chi connectivity index (χ1) is 13.6. The van der Waals surface area contributed by atoms with Gasteiger partial charge in [0.05, 0.1) is 13.2 Å². The highest BCUT2D eigenvalue weighted by molar-refractivity contribution is 14.0. The minimum Gasteiger partial charge on any atom is -0.489 e. The molecule has 0 aliphatic carbocycles. The maximum absolute atomic E-state index is 13.3. The number of guanidine groups is 1. The normalized spacial score (nSPS) is 16.8. The topological polar surface area (TPSA) is 58.1 Å². The number of piperidine rings is 1. The second-order valence-corrected chi connectivity index (χ2v) is 7.26. The van der Waals surface area contributed by atoms with Crippen molar-refractivity contribution < 1.29 is 13.9 Å². The van der Waals surface area contributed by atoms with Gasteiger partial charge >= 0.3 is 0 Å². The van der Waals surface area contributed by atoms with Crippen LogP contribution in [0, 0.1) is 11.7 Å². The maximum Gasteiger partial charge on any atom is 0.191 e. The lowest BCUT2D eigenvalue weighted by atomic mass is 9.97. The Balaban J connectivity index is 0.00000420. The monoisotopic (exact) mass is 522 g/mol. The van der Waals surface area contributed by atoms with Crippen molar-refractivity contribution in [2.24, 2.45) is 10.9 Å². The zero-order valence-corrected chi connectivity index (χ0v) is 20.2. The van der Waals surface area contributed by atoms with E-state index < -0.39 is 0 Å². The summed E-state index contributed by atoms with van der Waals surface area (Å²) in [4.78, 5) is 7.08. The largest absolute Gasteiger partial charge is 0.489 e. The fourth-order valence-electron chi connectivity index (χ4n) is 3.25. The van der Waals surface area contributed by atoms with Crippen molar-refractivity contribution >= 4 is 29.9 Å². The predicted octanol–water partition coefficient (Wildman–Crippen LogP) is 3.12. The Bertz CT molecular complexity index is 598. The van der Waals surface area contributed by atoms with Gasteiger partial charge in [-0.2, -0.15) is 0 Å². The van der Waals surface area contributed by atoms with Crippen LogP contribution < -0.4 is 15.4 Å². The van der Waals surface area contributed by atoms with E-state index in [0.29, 0.717) is 18.2 Å². The van der Waals surface area contributed by atoms with Crippen LogP contribution in [0.1, 0.15) is 26.7 Å². The number of halogens is 2. The molecule has 0 aromatic heterocycles. The van der Waals surface area contributed by atoms with Gasteiger partial charge in [-0.15, -0.1) is 24.0 Å². The standard InChI is InChI=1S/C21H35FN4O2.HI/c1-4-23-21(24-15-17(2)28-20-7-5-6-19(22)14-20)25-16-18-8-10-26(11-9-18)12-13-27-3;/h5-7,14,17-18H,4,8-13,15-16H2,1-3H3,(H2,23,24,25);1H. The second-order valence-electron chi connectivity index (χ2n) is 7.26. The molecule has 1 fully saturated rings. The Morgan fingerprint density at radius 1 is 1.31 bits per heavy atom. The van der Waals surface area contributed by atoms with E-state index in [1.165, 1.54) is 25.0 Å². The molecule has 0 amide bonds. The van der Waals surface area contributed by atoms with Crippen molar-refractivity contribution in [1.29, 1.82) is 0 Å². The Labute approximate surface area is 191 Å². The molecule has 8 heteroatoms. The smallest absolute Gasteiger partial charge is 0.191 e. The molecule has 1 aromatic rings. The number of likely N-dealkylation sites (tertiary alicyclic amines) is 1. The van der Waals surface area contributed by atoms with Gasteiger partial charge in [-0.25, -0.2) is 9.38 Å². The maximum atomic E-state index is 13.3. The Hall–Kier alpha value is -1.13. The number of nitrogens with zero attached hydrogens (tertiary/aromatic N) is 2. The van der Waals surface area contributed by atoms with E-state index in [9.17, 15) is 4.39 Å². The summed E-state index contributed by atoms with van der Waals surface area (Å²) < 4.78 is 24.2. The molecule has 1 saturated heterocycles. The van der Waals surface area contributed by atoms with E-state index >= 15 is 0 Å². The van der Waals surface area contributed by atoms with Crippen molar-refractivity contribution in [2.45, 2.75) is 32.8 Å². The fraction of sp³-hybridized carbons (Fsp3) is 0.667. The van der Waals surface area contributed by atoms with E-state index in [1.807, 2.05) is 6.92 Å². The predicted molar refractivity (Wildman–Crippen MR) is 127 cm³/mol. The van der Waals surface area contributed by atoms with Gasteiger partial charge in [-0.3, -0.25) is 0 Å². The molecule has 1 atom stereocenters. The van der Waals surface area contributed by atoms with Crippen molar-refractivity contribution in [1.82, 2.24) is 15.5 Å². The molecule has 1 aromatic carbocycles. The average molecular weight is 522 g/mol. The molecule has 0 bridgehead atoms. The highest BCUT2D eigenvalue weighted by atomic mass is 127. The second kappa shape index (κ2) is 14.8. The third-order valence-electron chi connectivity index (χ3n) is 4.86. The van der Waals surface area contributed by atoms with Crippen LogP contribution in [0.15, 0.2) is 29.3 Å². The number of rotatable bonds is 10. The molecule has 6 nitrogen and oxygen atoms in total. The Morgan fingerprint density at radius 2 is 2.07 bits per heavy atom. The van der Waals surface area contributed by atoms with Crippen LogP contribution in [0.4, 0.5) is 4.39 Å². The molecular formula is C21H36FIN4O2. The van der Waals surface area contributed by atoms with Crippen LogP contribution in [0.3, 0.4) is 0 Å². The summed E-state index contributed by atoms with van der Waals surface area (Å²) in [6.45, 7) is 10.3. The molecular weight excluding hydrogens is 486 g/mol. The van der Waals surface area contributed by atoms with Gasteiger partial charge in [0.2, 0.25) is 0 Å². The summed E-state index contributed by atoms with van der Waals surface area (Å²) in [6.07, 6.45) is 2.24. The molecule has 0 saturated carbocycles. The summed E-state index contributed by atoms with van der Waals surface area (Å²) in [5, 5.41) is 6.74. The van der Waals surface area contributed by atoms with Crippen LogP contribution >= 0.6 is 24.0 Å². The fourth-order valence-corrected chi connectivity index (χ4v) is 3.25. The minimum absolute atomic E-state index is 0. The summed E-state index contributed by atoms with van der Waals surface area (Å²) in [5.74, 6) is 1.69. The van der Waals surface area contributed by atoms with Crippen LogP contribution in [0.2, 0.25) is 0 Å². The number of ether oxygens (including phenoxy) is 2. The van der Waals surface area contributed by atoms with E-state index in [4.69, 9.17) is 9.47 Å². The summed E-state index contributed by atoms with van der Waals surface area (Å²) in [5.41, 5.74) is 0. The van der Waals surface area contributed by atoms with Gasteiger partial charge < -0.3 is 25.0 Å². The highest BCUT2D eigenvalue weighted by Gasteiger charge is 2.19. The lowest BCUT2D eigenvalue weighted by Gasteiger charge is -2.32. The molecule has 1 aliphatic heterocycles. The third kappa shape index (κ3) is 10.5. The highest BCUT2D eigenvalue weighted by Crippen LogP contribution is 2.16. The number of aliphatic imine (C=N–C) groups is 1. The van der Waals surface area contributed by atoms with E-state index in [-0.39, 0.29) is 35.9 Å². The van der Waals surface area contributed by atoms with Crippen molar-refractivity contribution in [3.05, 3.63) is 30.1 Å². The van der Waals surface area contributed by atoms with Crippen molar-refractivity contribution in [3.8, 4) is 5.75 Å². The van der Waals surface area contributed by atoms with Crippen LogP contribution in [-0.2, 0) is 4.74 Å². The molecule has 2 N–H and O–H groups in total. The quantitative estimate of drug-likeness (QED) is 0.281. The number of benzene rings is 1. The first-order valence-corrected chi connectivity index (χ1v) is 10.3. The number of hydrogen-bond donors (Lipinski definition) is 2. The Kier molecular flexibility index (Phi) is 13.2. The average Bonchev–Trinajstić information content (AvgIpc) is 2.69. The summed E-state index contributed by atoms with van der Waals surface area (Å²) in [7, 11) is 1.75. The first kappa shape index (κ1) is 25.9. The van der Waals surface area contributed by atoms with Gasteiger partial charge in [0.25, 0.3) is 0 Å². The molecule has 2 rings (SSSR count). The SMILES string of the molecule is CCNC(=NCC(C)Oc1cccc(F)c1)NCC1CCN(CCOC)CC1.I. The van der Waals surface area contributed by atoms with E-state index in [2.05, 4.69) is 27.4 Å². The van der Waals surface area contributed by atoms with Crippen LogP contribution in [-0.4, -0.2) is 69.9 Å². The molecule has 166 valence electrons. The van der Waals surface area contributed by atoms with E-state index in [0.717, 1.165) is 45.3 Å². The molecule has 1 heterocycles. The number of methoxy groups -OCH3 is 1.